The molecular formula is C29H27N5O5S2. The summed E-state index contributed by atoms with van der Waals surface area (Å²) in [6, 6.07) is 20.0. The number of aryl methyl sites for hydroxylation is 1. The Bertz CT molecular complexity index is 1590. The zero-order valence-electron chi connectivity index (χ0n) is 22.4. The molecule has 1 atom stereocenters. The topological polar surface area (TPSA) is 143 Å². The van der Waals surface area contributed by atoms with Gasteiger partial charge in [-0.1, -0.05) is 35.6 Å². The van der Waals surface area contributed by atoms with Gasteiger partial charge < -0.3 is 20.5 Å². The maximum atomic E-state index is 13.4. The predicted octanol–water partition coefficient (Wildman–Crippen LogP) is 5.09. The number of aromatic nitrogens is 2. The van der Waals surface area contributed by atoms with Gasteiger partial charge in [-0.05, 0) is 62.4 Å². The van der Waals surface area contributed by atoms with Gasteiger partial charge in [0, 0.05) is 27.8 Å². The van der Waals surface area contributed by atoms with Crippen LogP contribution in [0.5, 0.6) is 11.5 Å². The first-order valence-corrected chi connectivity index (χ1v) is 14.1. The Morgan fingerprint density at radius 3 is 2.49 bits per heavy atom. The monoisotopic (exact) mass is 589 g/mol. The van der Waals surface area contributed by atoms with Gasteiger partial charge in [0.25, 0.3) is 11.8 Å². The lowest BCUT2D eigenvalue weighted by Crippen LogP contribution is -2.30. The van der Waals surface area contributed by atoms with Gasteiger partial charge in [0.15, 0.2) is 0 Å². The molecule has 0 bridgehead atoms. The van der Waals surface area contributed by atoms with Crippen molar-refractivity contribution in [1.29, 1.82) is 0 Å². The van der Waals surface area contributed by atoms with Crippen LogP contribution < -0.4 is 20.7 Å². The maximum Gasteiger partial charge on any atom is 0.272 e. The minimum absolute atomic E-state index is 0.00557. The van der Waals surface area contributed by atoms with E-state index in [0.717, 1.165) is 9.90 Å². The van der Waals surface area contributed by atoms with Gasteiger partial charge >= 0.3 is 0 Å². The van der Waals surface area contributed by atoms with Gasteiger partial charge in [0.1, 0.15) is 22.2 Å². The van der Waals surface area contributed by atoms with E-state index in [1.807, 2.05) is 6.07 Å². The van der Waals surface area contributed by atoms with Crippen molar-refractivity contribution in [1.82, 2.24) is 15.5 Å². The Morgan fingerprint density at radius 1 is 1.00 bits per heavy atom. The molecule has 1 unspecified atom stereocenters. The maximum absolute atomic E-state index is 13.4. The second kappa shape index (κ2) is 13.6. The molecule has 4 aromatic rings. The van der Waals surface area contributed by atoms with Crippen molar-refractivity contribution in [2.45, 2.75) is 24.0 Å². The van der Waals surface area contributed by atoms with Crippen molar-refractivity contribution in [3.05, 3.63) is 94.6 Å². The number of hydrogen-bond acceptors (Lipinski definition) is 9. The Labute approximate surface area is 244 Å². The van der Waals surface area contributed by atoms with Crippen LogP contribution in [-0.2, 0) is 9.59 Å². The van der Waals surface area contributed by atoms with Crippen molar-refractivity contribution in [3.63, 3.8) is 0 Å². The van der Waals surface area contributed by atoms with Crippen LogP contribution in [0.3, 0.4) is 0 Å². The van der Waals surface area contributed by atoms with E-state index in [4.69, 9.17) is 4.74 Å². The van der Waals surface area contributed by atoms with Crippen molar-refractivity contribution < 1.29 is 24.2 Å². The fourth-order valence-electron chi connectivity index (χ4n) is 3.57. The third-order valence-corrected chi connectivity index (χ3v) is 7.42. The van der Waals surface area contributed by atoms with E-state index in [0.29, 0.717) is 27.7 Å². The summed E-state index contributed by atoms with van der Waals surface area (Å²) in [6.45, 7) is 3.57. The van der Waals surface area contributed by atoms with E-state index in [1.165, 1.54) is 48.4 Å². The van der Waals surface area contributed by atoms with Crippen LogP contribution >= 0.6 is 23.1 Å². The highest BCUT2D eigenvalue weighted by atomic mass is 32.2. The standard InChI is InChI=1S/C29H27N5O5S2/c1-17(26(36)32-29-34-33-18(2)41-29)40-23-11-7-10-21(15-23)30-28(38)24(31-27(37)19-8-5-4-6-9-19)14-20-12-13-22(35)16-25(20)39-3/h4-17,35H,1-3H3,(H,30,38)(H,31,37)(H,32,34,36)/b24-14+. The van der Waals surface area contributed by atoms with Crippen molar-refractivity contribution in [2.24, 2.45) is 0 Å². The van der Waals surface area contributed by atoms with Gasteiger partial charge in [0.2, 0.25) is 11.0 Å². The van der Waals surface area contributed by atoms with E-state index in [2.05, 4.69) is 26.1 Å². The summed E-state index contributed by atoms with van der Waals surface area (Å²) in [5.74, 6) is -0.964. The van der Waals surface area contributed by atoms with Crippen LogP contribution in [-0.4, -0.2) is 45.4 Å². The molecule has 41 heavy (non-hydrogen) atoms. The fourth-order valence-corrected chi connectivity index (χ4v) is 5.10. The molecule has 0 saturated carbocycles. The van der Waals surface area contributed by atoms with Gasteiger partial charge in [-0.2, -0.15) is 0 Å². The lowest BCUT2D eigenvalue weighted by atomic mass is 10.1. The summed E-state index contributed by atoms with van der Waals surface area (Å²) < 4.78 is 5.33. The summed E-state index contributed by atoms with van der Waals surface area (Å²) in [4.78, 5) is 39.7. The molecule has 3 amide bonds. The first-order valence-electron chi connectivity index (χ1n) is 12.4. The van der Waals surface area contributed by atoms with Crippen LogP contribution in [0.25, 0.3) is 6.08 Å². The predicted molar refractivity (Wildman–Crippen MR) is 160 cm³/mol. The van der Waals surface area contributed by atoms with Crippen LogP contribution in [0.15, 0.2) is 83.4 Å². The number of carbonyl (C=O) groups excluding carboxylic acids is 3. The number of thioether (sulfide) groups is 1. The van der Waals surface area contributed by atoms with E-state index in [1.54, 1.807) is 68.4 Å². The quantitative estimate of drug-likeness (QED) is 0.148. The average molecular weight is 590 g/mol. The van der Waals surface area contributed by atoms with Gasteiger partial charge in [-0.15, -0.1) is 22.0 Å². The Kier molecular flexibility index (Phi) is 9.72. The SMILES string of the molecule is COc1cc(O)ccc1/C=C(/NC(=O)c1ccccc1)C(=O)Nc1cccc(SC(C)C(=O)Nc2nnc(C)s2)c1. The van der Waals surface area contributed by atoms with Crippen LogP contribution in [0.1, 0.15) is 27.9 Å². The number of amides is 3. The largest absolute Gasteiger partial charge is 0.508 e. The molecule has 12 heteroatoms. The second-order valence-corrected chi connectivity index (χ2v) is 11.3. The number of rotatable bonds is 10. The summed E-state index contributed by atoms with van der Waals surface area (Å²) in [6.07, 6.45) is 1.47. The number of hydrogen-bond donors (Lipinski definition) is 4. The fraction of sp³-hybridized carbons (Fsp3) is 0.138. The Morgan fingerprint density at radius 2 is 1.78 bits per heavy atom. The summed E-state index contributed by atoms with van der Waals surface area (Å²) in [5, 5.41) is 26.6. The molecule has 1 aromatic heterocycles. The second-order valence-electron chi connectivity index (χ2n) is 8.66. The van der Waals surface area contributed by atoms with Crippen LogP contribution in [0.2, 0.25) is 0 Å². The molecule has 1 heterocycles. The van der Waals surface area contributed by atoms with Crippen LogP contribution in [0, 0.1) is 6.92 Å². The number of carbonyl (C=O) groups is 3. The van der Waals surface area contributed by atoms with E-state index < -0.39 is 17.1 Å². The number of nitrogens with one attached hydrogen (secondary N) is 3. The van der Waals surface area contributed by atoms with E-state index in [-0.39, 0.29) is 17.4 Å². The number of phenolic OH excluding ortho intramolecular Hbond substituents is 1. The van der Waals surface area contributed by atoms with E-state index >= 15 is 0 Å². The molecule has 0 aliphatic heterocycles. The summed E-state index contributed by atoms with van der Waals surface area (Å²) >= 11 is 2.60. The molecule has 0 fully saturated rings. The number of ether oxygens (including phenoxy) is 1. The Balaban J connectivity index is 1.52. The average Bonchev–Trinajstić information content (AvgIpc) is 3.38. The normalized spacial score (nSPS) is 11.8. The molecule has 0 radical (unpaired) electrons. The number of anilines is 2. The number of methoxy groups -OCH3 is 1. The Hall–Kier alpha value is -4.68. The minimum Gasteiger partial charge on any atom is -0.508 e. The number of benzene rings is 3. The molecule has 210 valence electrons. The zero-order chi connectivity index (χ0) is 29.4. The first-order chi connectivity index (χ1) is 19.7. The summed E-state index contributed by atoms with van der Waals surface area (Å²) in [7, 11) is 1.44. The number of aromatic hydroxyl groups is 1. The molecule has 0 aliphatic rings. The van der Waals surface area contributed by atoms with Gasteiger partial charge in [-0.3, -0.25) is 19.7 Å². The third kappa shape index (κ3) is 8.16. The highest BCUT2D eigenvalue weighted by Gasteiger charge is 2.19. The van der Waals surface area contributed by atoms with Gasteiger partial charge in [-0.25, -0.2) is 0 Å². The van der Waals surface area contributed by atoms with Crippen LogP contribution in [0.4, 0.5) is 10.8 Å². The third-order valence-electron chi connectivity index (χ3n) is 5.58. The molecule has 0 saturated heterocycles. The minimum atomic E-state index is -0.580. The lowest BCUT2D eigenvalue weighted by molar-refractivity contribution is -0.115. The zero-order valence-corrected chi connectivity index (χ0v) is 24.0. The van der Waals surface area contributed by atoms with Gasteiger partial charge in [0.05, 0.1) is 12.4 Å². The van der Waals surface area contributed by atoms with E-state index in [9.17, 15) is 19.5 Å². The van der Waals surface area contributed by atoms with Crippen molar-refractivity contribution in [3.8, 4) is 11.5 Å². The molecule has 0 spiro atoms. The van der Waals surface area contributed by atoms with Crippen molar-refractivity contribution in [2.75, 3.05) is 17.7 Å². The number of nitrogens with zero attached hydrogens (tertiary/aromatic N) is 2. The highest BCUT2D eigenvalue weighted by molar-refractivity contribution is 8.00. The number of phenols is 1. The molecule has 0 aliphatic carbocycles. The lowest BCUT2D eigenvalue weighted by Gasteiger charge is -2.14. The molecule has 3 aromatic carbocycles. The highest BCUT2D eigenvalue weighted by Crippen LogP contribution is 2.28. The summed E-state index contributed by atoms with van der Waals surface area (Å²) in [5.41, 5.74) is 1.27. The molecular weight excluding hydrogens is 562 g/mol. The first kappa shape index (κ1) is 29.3. The smallest absolute Gasteiger partial charge is 0.272 e. The molecule has 4 N–H and O–H groups in total. The van der Waals surface area contributed by atoms with Crippen molar-refractivity contribution >= 4 is 57.7 Å². The molecule has 10 nitrogen and oxygen atoms in total. The molecule has 4 rings (SSSR count).